The molecule has 0 saturated heterocycles. The van der Waals surface area contributed by atoms with Gasteiger partial charge in [-0.2, -0.15) is 0 Å². The highest BCUT2D eigenvalue weighted by Gasteiger charge is 2.40. The first-order valence-corrected chi connectivity index (χ1v) is 11.4. The lowest BCUT2D eigenvalue weighted by Crippen LogP contribution is -2.45. The summed E-state index contributed by atoms with van der Waals surface area (Å²) in [5.74, 6) is 0.186. The fourth-order valence-corrected chi connectivity index (χ4v) is 3.98. The van der Waals surface area contributed by atoms with Crippen LogP contribution < -0.4 is 4.74 Å². The van der Waals surface area contributed by atoms with Crippen LogP contribution >= 0.6 is 0 Å². The number of aromatic nitrogens is 1. The Morgan fingerprint density at radius 3 is 2.50 bits per heavy atom. The number of fused-ring (bicyclic) bond motifs is 1. The van der Waals surface area contributed by atoms with E-state index in [0.717, 1.165) is 48.7 Å². The van der Waals surface area contributed by atoms with Crippen LogP contribution in [0, 0.1) is 5.41 Å². The average molecular weight is 445 g/mol. The Bertz CT molecular complexity index is 935. The molecule has 0 unspecified atom stereocenters. The van der Waals surface area contributed by atoms with E-state index in [9.17, 15) is 9.59 Å². The molecule has 1 N–H and O–H groups in total. The van der Waals surface area contributed by atoms with Crippen molar-refractivity contribution in [3.8, 4) is 5.75 Å². The molecule has 7 heteroatoms. The van der Waals surface area contributed by atoms with Crippen LogP contribution in [0.2, 0.25) is 0 Å². The molecule has 1 fully saturated rings. The van der Waals surface area contributed by atoms with Crippen molar-refractivity contribution >= 4 is 23.0 Å². The molecule has 1 aromatic heterocycles. The van der Waals surface area contributed by atoms with E-state index in [1.165, 1.54) is 0 Å². The first-order chi connectivity index (χ1) is 15.1. The zero-order chi connectivity index (χ0) is 23.4. The van der Waals surface area contributed by atoms with E-state index >= 15 is 0 Å². The van der Waals surface area contributed by atoms with Gasteiger partial charge < -0.3 is 24.1 Å². The number of hydrogen-bond acceptors (Lipinski definition) is 6. The van der Waals surface area contributed by atoms with E-state index in [2.05, 4.69) is 9.88 Å². The second-order valence-corrected chi connectivity index (χ2v) is 10.1. The fraction of sp³-hybridized carbons (Fsp3) is 0.600. The minimum Gasteiger partial charge on any atom is -0.455 e. The van der Waals surface area contributed by atoms with Crippen molar-refractivity contribution in [2.24, 2.45) is 5.41 Å². The summed E-state index contributed by atoms with van der Waals surface area (Å²) in [5.41, 5.74) is 0.600. The van der Waals surface area contributed by atoms with Gasteiger partial charge in [0.15, 0.2) is 0 Å². The van der Waals surface area contributed by atoms with Crippen molar-refractivity contribution in [2.75, 3.05) is 27.2 Å². The molecule has 1 aliphatic carbocycles. The van der Waals surface area contributed by atoms with E-state index in [-0.39, 0.29) is 12.6 Å². The third-order valence-corrected chi connectivity index (χ3v) is 5.91. The summed E-state index contributed by atoms with van der Waals surface area (Å²) in [6.07, 6.45) is 6.33. The first-order valence-electron chi connectivity index (χ1n) is 11.4. The van der Waals surface area contributed by atoms with Gasteiger partial charge in [-0.3, -0.25) is 4.79 Å². The largest absolute Gasteiger partial charge is 0.514 e. The summed E-state index contributed by atoms with van der Waals surface area (Å²) in [6.45, 7) is 6.36. The molecule has 2 aromatic rings. The van der Waals surface area contributed by atoms with Crippen molar-refractivity contribution in [1.82, 2.24) is 9.88 Å². The number of nitrogens with zero attached hydrogens (tertiary/aromatic N) is 1. The zero-order valence-corrected chi connectivity index (χ0v) is 20.0. The third-order valence-electron chi connectivity index (χ3n) is 5.91. The van der Waals surface area contributed by atoms with E-state index in [1.54, 1.807) is 6.07 Å². The van der Waals surface area contributed by atoms with Crippen molar-refractivity contribution in [3.63, 3.8) is 0 Å². The molecule has 7 nitrogen and oxygen atoms in total. The number of carbonyl (C=O) groups is 2. The van der Waals surface area contributed by atoms with Gasteiger partial charge in [0, 0.05) is 23.6 Å². The number of carbonyl (C=O) groups excluding carboxylic acids is 2. The number of aromatic amines is 1. The second kappa shape index (κ2) is 9.94. The van der Waals surface area contributed by atoms with Crippen LogP contribution in [0.4, 0.5) is 4.79 Å². The van der Waals surface area contributed by atoms with Gasteiger partial charge in [0.2, 0.25) is 0 Å². The quantitative estimate of drug-likeness (QED) is 0.474. The minimum absolute atomic E-state index is 0.00422. The third kappa shape index (κ3) is 6.03. The Balaban J connectivity index is 1.70. The monoisotopic (exact) mass is 444 g/mol. The van der Waals surface area contributed by atoms with E-state index in [1.807, 2.05) is 53.2 Å². The first kappa shape index (κ1) is 24.1. The maximum atomic E-state index is 12.6. The lowest BCUT2D eigenvalue weighted by atomic mass is 9.84. The van der Waals surface area contributed by atoms with Crippen molar-refractivity contribution in [2.45, 2.75) is 64.9 Å². The Labute approximate surface area is 190 Å². The predicted octanol–water partition coefficient (Wildman–Crippen LogP) is 5.08. The molecule has 32 heavy (non-hydrogen) atoms. The molecule has 176 valence electrons. The molecule has 1 saturated carbocycles. The SMILES string of the molecule is CN(C)CCc1c[nH]c2cccc(OC(=O)OCC3(OC(=O)C(C)(C)C)CCCCC3)c12. The predicted molar refractivity (Wildman–Crippen MR) is 124 cm³/mol. The van der Waals surface area contributed by atoms with Crippen LogP contribution in [0.15, 0.2) is 24.4 Å². The summed E-state index contributed by atoms with van der Waals surface area (Å²) in [7, 11) is 4.05. The number of nitrogens with one attached hydrogen (secondary N) is 1. The molecule has 0 aliphatic heterocycles. The van der Waals surface area contributed by atoms with Crippen LogP contribution in [0.5, 0.6) is 5.75 Å². The van der Waals surface area contributed by atoms with Crippen LogP contribution in [0.3, 0.4) is 0 Å². The zero-order valence-electron chi connectivity index (χ0n) is 20.0. The lowest BCUT2D eigenvalue weighted by molar-refractivity contribution is -0.178. The van der Waals surface area contributed by atoms with Crippen molar-refractivity contribution < 1.29 is 23.8 Å². The summed E-state index contributed by atoms with van der Waals surface area (Å²) in [4.78, 5) is 30.5. The van der Waals surface area contributed by atoms with E-state index in [0.29, 0.717) is 18.6 Å². The smallest absolute Gasteiger partial charge is 0.455 e. The van der Waals surface area contributed by atoms with Crippen molar-refractivity contribution in [1.29, 1.82) is 0 Å². The Morgan fingerprint density at radius 2 is 1.84 bits per heavy atom. The summed E-state index contributed by atoms with van der Waals surface area (Å²) in [6, 6.07) is 5.56. The topological polar surface area (TPSA) is 80.9 Å². The highest BCUT2D eigenvalue weighted by molar-refractivity contribution is 5.90. The summed E-state index contributed by atoms with van der Waals surface area (Å²) in [5, 5.41) is 0.887. The molecule has 1 aliphatic rings. The average Bonchev–Trinajstić information content (AvgIpc) is 3.15. The Hall–Kier alpha value is -2.54. The highest BCUT2D eigenvalue weighted by Crippen LogP contribution is 2.35. The molecule has 0 atom stereocenters. The standard InChI is InChI=1S/C25H36N2O5/c1-24(2,3)22(28)32-25(13-7-6-8-14-25)17-30-23(29)31-20-11-9-10-19-21(20)18(16-26-19)12-15-27(4)5/h9-11,16,26H,6-8,12-15,17H2,1-5H3. The van der Waals surface area contributed by atoms with E-state index in [4.69, 9.17) is 14.2 Å². The van der Waals surface area contributed by atoms with Gasteiger partial charge >= 0.3 is 12.1 Å². The molecular weight excluding hydrogens is 408 g/mol. The summed E-state index contributed by atoms with van der Waals surface area (Å²) >= 11 is 0. The number of rotatable bonds is 7. The summed E-state index contributed by atoms with van der Waals surface area (Å²) < 4.78 is 17.0. The van der Waals surface area contributed by atoms with Gasteiger partial charge in [-0.1, -0.05) is 12.5 Å². The van der Waals surface area contributed by atoms with Gasteiger partial charge in [-0.05, 0) is 84.7 Å². The fourth-order valence-electron chi connectivity index (χ4n) is 3.98. The molecule has 0 spiro atoms. The molecule has 3 rings (SSSR count). The maximum Gasteiger partial charge on any atom is 0.514 e. The molecule has 1 aromatic carbocycles. The number of ether oxygens (including phenoxy) is 3. The Morgan fingerprint density at radius 1 is 1.12 bits per heavy atom. The second-order valence-electron chi connectivity index (χ2n) is 10.1. The van der Waals surface area contributed by atoms with Gasteiger partial charge in [0.25, 0.3) is 0 Å². The van der Waals surface area contributed by atoms with Gasteiger partial charge in [0.1, 0.15) is 18.0 Å². The number of esters is 1. The normalized spacial score (nSPS) is 16.2. The molecular formula is C25H36N2O5. The van der Waals surface area contributed by atoms with Crippen LogP contribution in [0.1, 0.15) is 58.4 Å². The van der Waals surface area contributed by atoms with Crippen LogP contribution in [0.25, 0.3) is 10.9 Å². The molecule has 1 heterocycles. The lowest BCUT2D eigenvalue weighted by Gasteiger charge is -2.37. The van der Waals surface area contributed by atoms with Gasteiger partial charge in [-0.25, -0.2) is 4.79 Å². The van der Waals surface area contributed by atoms with Gasteiger partial charge in [0.05, 0.1) is 5.41 Å². The van der Waals surface area contributed by atoms with Crippen molar-refractivity contribution in [3.05, 3.63) is 30.0 Å². The number of benzene rings is 1. The Kier molecular flexibility index (Phi) is 7.49. The van der Waals surface area contributed by atoms with E-state index < -0.39 is 17.2 Å². The highest BCUT2D eigenvalue weighted by atomic mass is 16.7. The maximum absolute atomic E-state index is 12.6. The number of H-pyrrole nitrogens is 1. The minimum atomic E-state index is -0.783. The number of likely N-dealkylation sites (N-methyl/N-ethyl adjacent to an activating group) is 1. The molecule has 0 bridgehead atoms. The van der Waals surface area contributed by atoms with Crippen LogP contribution in [-0.2, 0) is 20.7 Å². The molecule has 0 radical (unpaired) electrons. The molecule has 0 amide bonds. The van der Waals surface area contributed by atoms with Crippen LogP contribution in [-0.4, -0.2) is 54.9 Å². The van der Waals surface area contributed by atoms with Gasteiger partial charge in [-0.15, -0.1) is 0 Å². The number of hydrogen-bond donors (Lipinski definition) is 1.